The fourth-order valence-electron chi connectivity index (χ4n) is 5.76. The maximum atomic E-state index is 14.0. The normalized spacial score (nSPS) is 23.8. The van der Waals surface area contributed by atoms with Crippen LogP contribution < -0.4 is 5.32 Å². The van der Waals surface area contributed by atoms with Gasteiger partial charge in [-0.25, -0.2) is 4.98 Å². The number of halogens is 2. The summed E-state index contributed by atoms with van der Waals surface area (Å²) in [5.74, 6) is -0.190. The van der Waals surface area contributed by atoms with Crippen LogP contribution in [-0.4, -0.2) is 29.5 Å². The number of ether oxygens (including phenoxy) is 1. The van der Waals surface area contributed by atoms with Gasteiger partial charge in [0.15, 0.2) is 0 Å². The number of rotatable bonds is 4. The highest BCUT2D eigenvalue weighted by atomic mass is 79.9. The number of aromatic nitrogens is 1. The second-order valence-electron chi connectivity index (χ2n) is 9.64. The van der Waals surface area contributed by atoms with Crippen molar-refractivity contribution in [3.63, 3.8) is 0 Å². The van der Waals surface area contributed by atoms with E-state index in [-0.39, 0.29) is 22.8 Å². The van der Waals surface area contributed by atoms with Crippen molar-refractivity contribution in [2.45, 2.75) is 57.9 Å². The monoisotopic (exact) mass is 560 g/mol. The summed E-state index contributed by atoms with van der Waals surface area (Å²) in [6.07, 6.45) is 4.60. The van der Waals surface area contributed by atoms with Crippen LogP contribution in [0.15, 0.2) is 28.7 Å². The van der Waals surface area contributed by atoms with Gasteiger partial charge in [-0.15, -0.1) is 11.3 Å². The molecule has 0 atom stereocenters. The predicted molar refractivity (Wildman–Crippen MR) is 140 cm³/mol. The number of benzene rings is 1. The number of fused-ring (bicyclic) bond motifs is 4. The molecule has 6 rings (SSSR count). The number of carbonyl (C=O) groups is 2. The smallest absolute Gasteiger partial charge is 0.311 e. The molecule has 3 saturated carbocycles. The first-order valence-corrected chi connectivity index (χ1v) is 13.4. The van der Waals surface area contributed by atoms with Crippen LogP contribution >= 0.6 is 38.9 Å². The summed E-state index contributed by atoms with van der Waals surface area (Å²) in [4.78, 5) is 32.3. The molecule has 1 aromatic carbocycles. The van der Waals surface area contributed by atoms with Gasteiger partial charge in [0.1, 0.15) is 0 Å². The van der Waals surface area contributed by atoms with Crippen molar-refractivity contribution < 1.29 is 14.3 Å². The Balaban J connectivity index is 1.57. The molecule has 2 bridgehead atoms. The van der Waals surface area contributed by atoms with E-state index in [2.05, 4.69) is 21.2 Å². The van der Waals surface area contributed by atoms with Crippen LogP contribution in [0.3, 0.4) is 0 Å². The lowest BCUT2D eigenvalue weighted by atomic mass is 9.57. The highest BCUT2D eigenvalue weighted by Gasteiger charge is 2.53. The van der Waals surface area contributed by atoms with E-state index >= 15 is 0 Å². The molecule has 34 heavy (non-hydrogen) atoms. The minimum absolute atomic E-state index is 0.0810. The van der Waals surface area contributed by atoms with Gasteiger partial charge in [0.25, 0.3) is 5.91 Å². The summed E-state index contributed by atoms with van der Waals surface area (Å²) >= 11 is 11.3. The molecule has 0 aliphatic heterocycles. The molecule has 3 aliphatic carbocycles. The number of hydrogen-bond donors (Lipinski definition) is 1. The second-order valence-corrected chi connectivity index (χ2v) is 12.2. The van der Waals surface area contributed by atoms with Gasteiger partial charge < -0.3 is 10.1 Å². The highest BCUT2D eigenvalue weighted by molar-refractivity contribution is 9.10. The van der Waals surface area contributed by atoms with Crippen molar-refractivity contribution >= 4 is 61.6 Å². The zero-order chi connectivity index (χ0) is 24.3. The first kappa shape index (κ1) is 23.8. The maximum Gasteiger partial charge on any atom is 0.311 e. The zero-order valence-corrected chi connectivity index (χ0v) is 22.5. The third kappa shape index (κ3) is 3.76. The van der Waals surface area contributed by atoms with Crippen LogP contribution in [0.25, 0.3) is 21.5 Å². The Morgan fingerprint density at radius 2 is 1.74 bits per heavy atom. The van der Waals surface area contributed by atoms with E-state index in [0.29, 0.717) is 9.90 Å². The van der Waals surface area contributed by atoms with Crippen molar-refractivity contribution in [1.29, 1.82) is 0 Å². The Morgan fingerprint density at radius 3 is 2.32 bits per heavy atom. The Labute approximate surface area is 216 Å². The summed E-state index contributed by atoms with van der Waals surface area (Å²) in [5, 5.41) is 4.28. The lowest BCUT2D eigenvalue weighted by Crippen LogP contribution is -2.58. The van der Waals surface area contributed by atoms with Gasteiger partial charge >= 0.3 is 5.97 Å². The third-order valence-corrected chi connectivity index (χ3v) is 9.96. The van der Waals surface area contributed by atoms with Crippen LogP contribution in [0.4, 0.5) is 0 Å². The van der Waals surface area contributed by atoms with E-state index in [9.17, 15) is 9.59 Å². The van der Waals surface area contributed by atoms with E-state index in [1.807, 2.05) is 38.1 Å². The molecule has 2 aromatic heterocycles. The van der Waals surface area contributed by atoms with Crippen LogP contribution in [0.1, 0.15) is 60.0 Å². The fourth-order valence-corrected chi connectivity index (χ4v) is 7.18. The van der Waals surface area contributed by atoms with E-state index < -0.39 is 0 Å². The van der Waals surface area contributed by atoms with Crippen molar-refractivity contribution in [3.8, 4) is 10.6 Å². The molecule has 0 unspecified atom stereocenters. The average molecular weight is 562 g/mol. The van der Waals surface area contributed by atoms with Gasteiger partial charge in [0.2, 0.25) is 0 Å². The molecule has 1 amide bonds. The van der Waals surface area contributed by atoms with Crippen LogP contribution in [0.2, 0.25) is 4.34 Å². The number of pyridine rings is 1. The Hall–Kier alpha value is -1.96. The summed E-state index contributed by atoms with van der Waals surface area (Å²) < 4.78 is 6.72. The van der Waals surface area contributed by atoms with E-state index in [4.69, 9.17) is 21.3 Å². The van der Waals surface area contributed by atoms with Crippen LogP contribution in [0.5, 0.6) is 0 Å². The molecular formula is C26H26BrClN2O3S. The lowest BCUT2D eigenvalue weighted by molar-refractivity contribution is -0.160. The first-order valence-electron chi connectivity index (χ1n) is 11.4. The van der Waals surface area contributed by atoms with Crippen LogP contribution in [0, 0.1) is 19.3 Å². The van der Waals surface area contributed by atoms with E-state index in [1.165, 1.54) is 18.4 Å². The van der Waals surface area contributed by atoms with Gasteiger partial charge in [-0.2, -0.15) is 0 Å². The van der Waals surface area contributed by atoms with E-state index in [0.717, 1.165) is 75.6 Å². The quantitative estimate of drug-likeness (QED) is 0.349. The predicted octanol–water partition coefficient (Wildman–Crippen LogP) is 6.99. The fraction of sp³-hybridized carbons (Fsp3) is 0.423. The Bertz CT molecular complexity index is 1310. The number of amides is 1. The molecule has 8 heteroatoms. The van der Waals surface area contributed by atoms with Gasteiger partial charge in [0, 0.05) is 15.4 Å². The van der Waals surface area contributed by atoms with Crippen molar-refractivity contribution in [1.82, 2.24) is 10.3 Å². The van der Waals surface area contributed by atoms with Crippen LogP contribution in [-0.2, 0) is 9.53 Å². The standard InChI is InChI=1S/C26H26BrClN2O3S/c1-14-16(27)4-5-17-20(14)21(15(2)22(29-17)18-6-7-19(28)34-18)23(31)30-26-11-8-25(9-12-26,10-13-26)24(32)33-3/h4-7H,8-13H2,1-3H3,(H,30,31). The van der Waals surface area contributed by atoms with Gasteiger partial charge in [-0.3, -0.25) is 9.59 Å². The van der Waals surface area contributed by atoms with E-state index in [1.54, 1.807) is 0 Å². The minimum Gasteiger partial charge on any atom is -0.469 e. The molecule has 0 spiro atoms. The largest absolute Gasteiger partial charge is 0.469 e. The Kier molecular flexibility index (Phi) is 6.02. The molecule has 3 fully saturated rings. The summed E-state index contributed by atoms with van der Waals surface area (Å²) in [6.45, 7) is 3.97. The van der Waals surface area contributed by atoms with Gasteiger partial charge in [-0.1, -0.05) is 27.5 Å². The molecule has 3 aromatic rings. The average Bonchev–Trinajstić information content (AvgIpc) is 3.27. The topological polar surface area (TPSA) is 68.3 Å². The number of nitrogens with zero attached hydrogens (tertiary/aromatic N) is 1. The summed E-state index contributed by atoms with van der Waals surface area (Å²) in [5.41, 5.74) is 3.39. The third-order valence-electron chi connectivity index (χ3n) is 7.87. The molecule has 0 saturated heterocycles. The van der Waals surface area contributed by atoms with Crippen molar-refractivity contribution in [2.24, 2.45) is 5.41 Å². The first-order chi connectivity index (χ1) is 16.2. The number of esters is 1. The van der Waals surface area contributed by atoms with Crippen molar-refractivity contribution in [3.05, 3.63) is 49.8 Å². The SMILES string of the molecule is COC(=O)C12CCC(NC(=O)c3c(C)c(-c4ccc(Cl)s4)nc4ccc(Br)c(C)c34)(CC1)CC2. The van der Waals surface area contributed by atoms with Crippen molar-refractivity contribution in [2.75, 3.05) is 7.11 Å². The number of thiophene rings is 1. The zero-order valence-electron chi connectivity index (χ0n) is 19.4. The molecule has 2 heterocycles. The summed E-state index contributed by atoms with van der Waals surface area (Å²) in [7, 11) is 1.46. The number of carbonyl (C=O) groups excluding carboxylic acids is 2. The molecule has 0 radical (unpaired) electrons. The number of nitrogens with one attached hydrogen (secondary N) is 1. The molecule has 5 nitrogen and oxygen atoms in total. The molecule has 3 aliphatic rings. The number of methoxy groups -OCH3 is 1. The summed E-state index contributed by atoms with van der Waals surface area (Å²) in [6, 6.07) is 7.73. The molecule has 178 valence electrons. The maximum absolute atomic E-state index is 14.0. The Morgan fingerprint density at radius 1 is 1.06 bits per heavy atom. The second kappa shape index (κ2) is 8.61. The van der Waals surface area contributed by atoms with Gasteiger partial charge in [-0.05, 0) is 87.8 Å². The molecule has 1 N–H and O–H groups in total. The lowest BCUT2D eigenvalue weighted by Gasteiger charge is -2.52. The van der Waals surface area contributed by atoms with Gasteiger partial charge in [0.05, 0.1) is 38.5 Å². The minimum atomic E-state index is -0.381. The molecular weight excluding hydrogens is 536 g/mol. The highest BCUT2D eigenvalue weighted by Crippen LogP contribution is 2.53. The number of hydrogen-bond acceptors (Lipinski definition) is 5. The number of aryl methyl sites for hydroxylation is 1.